The standard InChI is InChI=1S/C48H31N/c1-48(2)43-26-41-38-16-6-4-14-36(38)35-13-3-5-15-37(35)40(41)25-42(43)47-44(48)24-33(27-49-47)31-11-8-12-32(23-31)34-21-19-30-18-17-28-9-7-10-29-20-22-39(34)46(30)45(28)29/h3-27H,1-2H3. The molecule has 1 aromatic heterocycles. The van der Waals surface area contributed by atoms with Crippen LogP contribution in [-0.4, -0.2) is 4.98 Å². The lowest BCUT2D eigenvalue weighted by molar-refractivity contribution is 0.660. The monoisotopic (exact) mass is 621 g/mol. The van der Waals surface area contributed by atoms with Gasteiger partial charge in [-0.25, -0.2) is 0 Å². The molecule has 0 aliphatic heterocycles. The van der Waals surface area contributed by atoms with Gasteiger partial charge in [-0.3, -0.25) is 4.98 Å². The van der Waals surface area contributed by atoms with Gasteiger partial charge in [0.1, 0.15) is 0 Å². The van der Waals surface area contributed by atoms with E-state index in [9.17, 15) is 0 Å². The molecule has 0 unspecified atom stereocenters. The lowest BCUT2D eigenvalue weighted by Gasteiger charge is -2.22. The second kappa shape index (κ2) is 9.52. The first kappa shape index (κ1) is 27.0. The van der Waals surface area contributed by atoms with Crippen LogP contribution in [0.3, 0.4) is 0 Å². The Morgan fingerprint density at radius 2 is 0.980 bits per heavy atom. The van der Waals surface area contributed by atoms with E-state index in [0.717, 1.165) is 11.3 Å². The van der Waals surface area contributed by atoms with E-state index in [1.165, 1.54) is 98.0 Å². The number of benzene rings is 9. The maximum Gasteiger partial charge on any atom is 0.0746 e. The Hall–Kier alpha value is -6.05. The van der Waals surface area contributed by atoms with Crippen LogP contribution in [0.25, 0.3) is 98.1 Å². The first-order valence-corrected chi connectivity index (χ1v) is 17.2. The predicted octanol–water partition coefficient (Wildman–Crippen LogP) is 13.1. The molecule has 9 aromatic carbocycles. The lowest BCUT2D eigenvalue weighted by Crippen LogP contribution is -2.15. The van der Waals surface area contributed by atoms with E-state index in [1.54, 1.807) is 0 Å². The summed E-state index contributed by atoms with van der Waals surface area (Å²) >= 11 is 0. The third-order valence-electron chi connectivity index (χ3n) is 11.4. The number of nitrogens with zero attached hydrogens (tertiary/aromatic N) is 1. The summed E-state index contributed by atoms with van der Waals surface area (Å²) in [6.07, 6.45) is 2.08. The van der Waals surface area contributed by atoms with Gasteiger partial charge in [0, 0.05) is 22.7 Å². The summed E-state index contributed by atoms with van der Waals surface area (Å²) in [6.45, 7) is 4.72. The minimum Gasteiger partial charge on any atom is -0.255 e. The largest absolute Gasteiger partial charge is 0.255 e. The van der Waals surface area contributed by atoms with Crippen molar-refractivity contribution in [2.45, 2.75) is 19.3 Å². The molecule has 0 atom stereocenters. The summed E-state index contributed by atoms with van der Waals surface area (Å²) in [5, 5.41) is 15.7. The number of fused-ring (bicyclic) bond motifs is 9. The summed E-state index contributed by atoms with van der Waals surface area (Å²) in [7, 11) is 0. The molecule has 0 spiro atoms. The van der Waals surface area contributed by atoms with Crippen LogP contribution in [0.4, 0.5) is 0 Å². The van der Waals surface area contributed by atoms with Gasteiger partial charge in [-0.2, -0.15) is 0 Å². The molecule has 10 aromatic rings. The molecular weight excluding hydrogens is 591 g/mol. The number of aromatic nitrogens is 1. The first-order valence-electron chi connectivity index (χ1n) is 17.2. The average molecular weight is 622 g/mol. The Balaban J connectivity index is 1.07. The van der Waals surface area contributed by atoms with E-state index in [4.69, 9.17) is 4.98 Å². The highest BCUT2D eigenvalue weighted by Gasteiger charge is 2.37. The van der Waals surface area contributed by atoms with Gasteiger partial charge in [0.2, 0.25) is 0 Å². The molecule has 1 heterocycles. The first-order chi connectivity index (χ1) is 24.0. The summed E-state index contributed by atoms with van der Waals surface area (Å²) < 4.78 is 0. The van der Waals surface area contributed by atoms with Crippen molar-refractivity contribution >= 4 is 64.6 Å². The van der Waals surface area contributed by atoms with Gasteiger partial charge in [0.05, 0.1) is 5.69 Å². The fourth-order valence-corrected chi connectivity index (χ4v) is 8.98. The molecule has 228 valence electrons. The molecule has 1 aliphatic rings. The second-order valence-corrected chi connectivity index (χ2v) is 14.3. The highest BCUT2D eigenvalue weighted by molar-refractivity contribution is 6.27. The Bertz CT molecular complexity index is 3000. The van der Waals surface area contributed by atoms with Crippen LogP contribution in [0, 0.1) is 0 Å². The molecule has 1 heteroatoms. The molecule has 0 fully saturated rings. The number of rotatable bonds is 2. The predicted molar refractivity (Wildman–Crippen MR) is 209 cm³/mol. The molecule has 0 amide bonds. The van der Waals surface area contributed by atoms with E-state index in [2.05, 4.69) is 166 Å². The number of hydrogen-bond donors (Lipinski definition) is 0. The molecule has 0 saturated carbocycles. The van der Waals surface area contributed by atoms with E-state index in [1.807, 2.05) is 0 Å². The molecular formula is C48H31N. The molecule has 1 nitrogen and oxygen atoms in total. The van der Waals surface area contributed by atoms with Gasteiger partial charge >= 0.3 is 0 Å². The van der Waals surface area contributed by atoms with Crippen LogP contribution in [0.5, 0.6) is 0 Å². The Kier molecular flexibility index (Phi) is 5.24. The van der Waals surface area contributed by atoms with Crippen LogP contribution in [-0.2, 0) is 5.41 Å². The normalized spacial score (nSPS) is 13.7. The third-order valence-corrected chi connectivity index (χ3v) is 11.4. The summed E-state index contributed by atoms with van der Waals surface area (Å²) in [4.78, 5) is 5.23. The molecule has 0 radical (unpaired) electrons. The van der Waals surface area contributed by atoms with Gasteiger partial charge in [-0.1, -0.05) is 135 Å². The zero-order chi connectivity index (χ0) is 32.4. The van der Waals surface area contributed by atoms with E-state index in [-0.39, 0.29) is 5.41 Å². The second-order valence-electron chi connectivity index (χ2n) is 14.3. The summed E-state index contributed by atoms with van der Waals surface area (Å²) in [6, 6.07) is 54.2. The van der Waals surface area contributed by atoms with E-state index >= 15 is 0 Å². The van der Waals surface area contributed by atoms with Gasteiger partial charge in [-0.15, -0.1) is 0 Å². The van der Waals surface area contributed by atoms with E-state index < -0.39 is 0 Å². The minimum absolute atomic E-state index is 0.182. The van der Waals surface area contributed by atoms with Crippen LogP contribution in [0.2, 0.25) is 0 Å². The fraction of sp³-hybridized carbons (Fsp3) is 0.0625. The third kappa shape index (κ3) is 3.62. The maximum atomic E-state index is 5.23. The zero-order valence-electron chi connectivity index (χ0n) is 27.4. The van der Waals surface area contributed by atoms with Crippen molar-refractivity contribution in [3.8, 4) is 33.5 Å². The summed E-state index contributed by atoms with van der Waals surface area (Å²) in [5.74, 6) is 0. The van der Waals surface area contributed by atoms with Crippen molar-refractivity contribution in [2.75, 3.05) is 0 Å². The molecule has 0 saturated heterocycles. The molecule has 0 bridgehead atoms. The Morgan fingerprint density at radius 3 is 1.71 bits per heavy atom. The topological polar surface area (TPSA) is 12.9 Å². The number of hydrogen-bond acceptors (Lipinski definition) is 1. The van der Waals surface area contributed by atoms with Gasteiger partial charge in [0.25, 0.3) is 0 Å². The van der Waals surface area contributed by atoms with Crippen LogP contribution in [0.1, 0.15) is 25.0 Å². The molecule has 11 rings (SSSR count). The summed E-state index contributed by atoms with van der Waals surface area (Å²) in [5.41, 5.74) is 9.64. The Labute approximate surface area is 284 Å². The van der Waals surface area contributed by atoms with Crippen molar-refractivity contribution in [1.82, 2.24) is 4.98 Å². The van der Waals surface area contributed by atoms with E-state index in [0.29, 0.717) is 0 Å². The van der Waals surface area contributed by atoms with Gasteiger partial charge in [0.15, 0.2) is 0 Å². The smallest absolute Gasteiger partial charge is 0.0746 e. The van der Waals surface area contributed by atoms with Crippen molar-refractivity contribution in [2.24, 2.45) is 0 Å². The van der Waals surface area contributed by atoms with Crippen LogP contribution >= 0.6 is 0 Å². The fourth-order valence-electron chi connectivity index (χ4n) is 8.98. The van der Waals surface area contributed by atoms with Crippen molar-refractivity contribution in [3.63, 3.8) is 0 Å². The maximum absolute atomic E-state index is 5.23. The van der Waals surface area contributed by atoms with Crippen molar-refractivity contribution < 1.29 is 0 Å². The highest BCUT2D eigenvalue weighted by atomic mass is 14.7. The average Bonchev–Trinajstić information content (AvgIpc) is 3.38. The molecule has 1 aliphatic carbocycles. The lowest BCUT2D eigenvalue weighted by atomic mass is 9.80. The highest BCUT2D eigenvalue weighted by Crippen LogP contribution is 2.51. The number of pyridine rings is 1. The quantitative estimate of drug-likeness (QED) is 0.175. The van der Waals surface area contributed by atoms with Crippen LogP contribution < -0.4 is 0 Å². The Morgan fingerprint density at radius 1 is 0.388 bits per heavy atom. The van der Waals surface area contributed by atoms with Crippen molar-refractivity contribution in [1.29, 1.82) is 0 Å². The minimum atomic E-state index is -0.182. The van der Waals surface area contributed by atoms with Gasteiger partial charge in [-0.05, 0) is 117 Å². The van der Waals surface area contributed by atoms with Crippen molar-refractivity contribution in [3.05, 3.63) is 163 Å². The van der Waals surface area contributed by atoms with Gasteiger partial charge < -0.3 is 0 Å². The zero-order valence-corrected chi connectivity index (χ0v) is 27.4. The van der Waals surface area contributed by atoms with Crippen LogP contribution in [0.15, 0.2) is 152 Å². The molecule has 0 N–H and O–H groups in total. The SMILES string of the molecule is CC1(C)c2cc3c4ccccc4c4ccccc4c3cc2-c2ncc(-c3cccc(-c4ccc5ccc6cccc7ccc4c5c67)c3)cc21. The molecule has 49 heavy (non-hydrogen) atoms.